The molecule has 0 aliphatic carbocycles. The van der Waals surface area contributed by atoms with Crippen LogP contribution in [0.1, 0.15) is 24.8 Å². The lowest BCUT2D eigenvalue weighted by atomic mass is 10.0. The Morgan fingerprint density at radius 2 is 1.65 bits per heavy atom. The fourth-order valence-corrected chi connectivity index (χ4v) is 1.99. The van der Waals surface area contributed by atoms with E-state index in [4.69, 9.17) is 27.8 Å². The Bertz CT molecular complexity index is 473. The third kappa shape index (κ3) is 3.45. The van der Waals surface area contributed by atoms with E-state index in [0.717, 1.165) is 0 Å². The number of carbonyl (C=O) groups is 3. The van der Waals surface area contributed by atoms with Crippen LogP contribution < -0.4 is 0 Å². The largest absolute Gasteiger partial charge is 0.463 e. The first kappa shape index (κ1) is 11.0. The average Bonchev–Trinajstić information content (AvgIpc) is 3.33. The summed E-state index contributed by atoms with van der Waals surface area (Å²) in [5.41, 5.74) is 0. The predicted molar refractivity (Wildman–Crippen MR) is 61.3 cm³/mol. The molecule has 0 aromatic heterocycles. The molecule has 0 aromatic rings. The minimum Gasteiger partial charge on any atom is -0.463 e. The molecule has 2 heterocycles. The minimum absolute atomic E-state index is 0.324. The molecule has 2 fully saturated rings. The van der Waals surface area contributed by atoms with E-state index in [-0.39, 0.29) is 6.61 Å². The van der Waals surface area contributed by atoms with Crippen LogP contribution in [0.4, 0.5) is 0 Å². The SMILES string of the molecule is [2H]CC(=O)OC[C@H]1OC2O[C@@H]2[C@@H](OC(=O)C[2H])[C@@H]1OC(=O)C[2H]. The quantitative estimate of drug-likeness (QED) is 0.389. The summed E-state index contributed by atoms with van der Waals surface area (Å²) in [4.78, 5) is 33.9. The maximum Gasteiger partial charge on any atom is 0.303 e. The molecule has 5 atom stereocenters. The zero-order valence-corrected chi connectivity index (χ0v) is 10.5. The predicted octanol–water partition coefficient (Wildman–Crippen LogP) is -0.463. The summed E-state index contributed by atoms with van der Waals surface area (Å²) in [5, 5.41) is 0. The highest BCUT2D eigenvalue weighted by Gasteiger charge is 2.60. The van der Waals surface area contributed by atoms with Crippen molar-refractivity contribution in [2.45, 2.75) is 51.4 Å². The van der Waals surface area contributed by atoms with Crippen LogP contribution in [0, 0.1) is 0 Å². The second-order valence-corrected chi connectivity index (χ2v) is 4.24. The lowest BCUT2D eigenvalue weighted by Gasteiger charge is -2.33. The first-order chi connectivity index (χ1) is 11.0. The third-order valence-electron chi connectivity index (χ3n) is 2.75. The van der Waals surface area contributed by atoms with Gasteiger partial charge < -0.3 is 23.7 Å². The molecular weight excluding hydrogens is 272 g/mol. The summed E-state index contributed by atoms with van der Waals surface area (Å²) in [6.07, 6.45) is -4.44. The highest BCUT2D eigenvalue weighted by molar-refractivity contribution is 5.68. The molecule has 1 unspecified atom stereocenters. The topological polar surface area (TPSA) is 101 Å². The fourth-order valence-electron chi connectivity index (χ4n) is 1.99. The van der Waals surface area contributed by atoms with Crippen LogP contribution in [-0.2, 0) is 38.1 Å². The molecule has 20 heavy (non-hydrogen) atoms. The number of hydrogen-bond donors (Lipinski definition) is 0. The Morgan fingerprint density at radius 1 is 1.00 bits per heavy atom. The van der Waals surface area contributed by atoms with Gasteiger partial charge in [0, 0.05) is 24.8 Å². The molecule has 0 N–H and O–H groups in total. The molecule has 2 rings (SSSR count). The van der Waals surface area contributed by atoms with Crippen LogP contribution in [0.15, 0.2) is 0 Å². The van der Waals surface area contributed by atoms with Gasteiger partial charge in [-0.2, -0.15) is 0 Å². The van der Waals surface area contributed by atoms with Crippen molar-refractivity contribution in [1.29, 1.82) is 0 Å². The van der Waals surface area contributed by atoms with Crippen molar-refractivity contribution < 1.29 is 42.2 Å². The van der Waals surface area contributed by atoms with E-state index in [2.05, 4.69) is 0 Å². The number of hydrogen-bond acceptors (Lipinski definition) is 8. The number of rotatable bonds is 4. The number of carbonyl (C=O) groups excluding carboxylic acids is 3. The van der Waals surface area contributed by atoms with Gasteiger partial charge >= 0.3 is 17.9 Å². The summed E-state index contributed by atoms with van der Waals surface area (Å²) in [6.45, 7) is -2.17. The van der Waals surface area contributed by atoms with Crippen LogP contribution in [-0.4, -0.2) is 55.2 Å². The van der Waals surface area contributed by atoms with Crippen LogP contribution in [0.2, 0.25) is 0 Å². The van der Waals surface area contributed by atoms with Crippen molar-refractivity contribution in [2.75, 3.05) is 6.61 Å². The molecule has 0 amide bonds. The molecule has 0 saturated carbocycles. The Morgan fingerprint density at radius 3 is 2.30 bits per heavy atom. The fraction of sp³-hybridized carbons (Fsp3) is 0.750. The van der Waals surface area contributed by atoms with Crippen LogP contribution in [0.3, 0.4) is 0 Å². The summed E-state index contributed by atoms with van der Waals surface area (Å²) >= 11 is 0. The molecule has 8 heteroatoms. The van der Waals surface area contributed by atoms with Gasteiger partial charge in [0.15, 0.2) is 24.6 Å². The van der Waals surface area contributed by atoms with Crippen molar-refractivity contribution in [3.8, 4) is 0 Å². The summed E-state index contributed by atoms with van der Waals surface area (Å²) in [6, 6.07) is 0. The van der Waals surface area contributed by atoms with Crippen LogP contribution >= 0.6 is 0 Å². The van der Waals surface area contributed by atoms with Crippen LogP contribution in [0.5, 0.6) is 0 Å². The zero-order chi connectivity index (χ0) is 17.0. The molecule has 0 spiro atoms. The Hall–Kier alpha value is -1.67. The van der Waals surface area contributed by atoms with E-state index in [9.17, 15) is 14.4 Å². The van der Waals surface area contributed by atoms with E-state index in [1.165, 1.54) is 0 Å². The molecule has 0 aromatic carbocycles. The van der Waals surface area contributed by atoms with Crippen molar-refractivity contribution in [3.63, 3.8) is 0 Å². The number of fused-ring (bicyclic) bond motifs is 1. The van der Waals surface area contributed by atoms with Gasteiger partial charge in [-0.25, -0.2) is 0 Å². The lowest BCUT2D eigenvalue weighted by molar-refractivity contribution is -0.197. The zero-order valence-electron chi connectivity index (χ0n) is 13.5. The minimum atomic E-state index is -1.13. The van der Waals surface area contributed by atoms with Gasteiger partial charge in [0.25, 0.3) is 0 Å². The van der Waals surface area contributed by atoms with Crippen LogP contribution in [0.25, 0.3) is 0 Å². The number of ether oxygens (including phenoxy) is 5. The second-order valence-electron chi connectivity index (χ2n) is 4.24. The molecule has 2 aliphatic rings. The third-order valence-corrected chi connectivity index (χ3v) is 2.75. The van der Waals surface area contributed by atoms with E-state index in [1.54, 1.807) is 0 Å². The van der Waals surface area contributed by atoms with E-state index in [0.29, 0.717) is 0 Å². The van der Waals surface area contributed by atoms with Gasteiger partial charge in [0.05, 0.1) is 0 Å². The highest BCUT2D eigenvalue weighted by atomic mass is 16.8. The molecular formula is C12H16O8. The summed E-state index contributed by atoms with van der Waals surface area (Å²) in [7, 11) is 0. The Balaban J connectivity index is 2.09. The monoisotopic (exact) mass is 291 g/mol. The molecule has 2 saturated heterocycles. The number of esters is 3. The molecule has 112 valence electrons. The normalized spacial score (nSPS) is 36.6. The maximum atomic E-state index is 11.4. The molecule has 0 bridgehead atoms. The van der Waals surface area contributed by atoms with Gasteiger partial charge in [-0.05, 0) is 0 Å². The molecule has 2 aliphatic heterocycles. The van der Waals surface area contributed by atoms with E-state index < -0.39 is 69.3 Å². The van der Waals surface area contributed by atoms with E-state index in [1.807, 2.05) is 0 Å². The van der Waals surface area contributed by atoms with Crippen molar-refractivity contribution in [3.05, 3.63) is 0 Å². The average molecular weight is 291 g/mol. The second kappa shape index (κ2) is 5.76. The Kier molecular flexibility index (Phi) is 3.18. The standard InChI is InChI=1S/C12H16O8/c1-5(13)16-4-8-9(17-6(2)14)10(18-7(3)15)11-12(19-8)20-11/h8-12H,4H2,1-3H3/t8-,9-,10+,11-,12?/m1/s1/i1D,2D,3D. The first-order valence-corrected chi connectivity index (χ1v) is 5.73. The molecule has 0 radical (unpaired) electrons. The first-order valence-electron chi connectivity index (χ1n) is 7.85. The van der Waals surface area contributed by atoms with Gasteiger partial charge in [-0.15, -0.1) is 0 Å². The summed E-state index contributed by atoms with van der Waals surface area (Å²) in [5.74, 6) is -2.50. The van der Waals surface area contributed by atoms with Gasteiger partial charge in [0.2, 0.25) is 0 Å². The smallest absolute Gasteiger partial charge is 0.303 e. The number of epoxide rings is 1. The van der Waals surface area contributed by atoms with Crippen molar-refractivity contribution >= 4 is 17.9 Å². The Labute approximate surface area is 119 Å². The maximum absolute atomic E-state index is 11.4. The van der Waals surface area contributed by atoms with Gasteiger partial charge in [0.1, 0.15) is 12.7 Å². The summed E-state index contributed by atoms with van der Waals surface area (Å²) < 4.78 is 46.4. The lowest BCUT2D eigenvalue weighted by Crippen LogP contribution is -2.53. The molecule has 8 nitrogen and oxygen atoms in total. The van der Waals surface area contributed by atoms with Crippen molar-refractivity contribution in [2.24, 2.45) is 0 Å². The van der Waals surface area contributed by atoms with Gasteiger partial charge in [-0.3, -0.25) is 14.4 Å². The van der Waals surface area contributed by atoms with E-state index >= 15 is 0 Å². The van der Waals surface area contributed by atoms with Gasteiger partial charge in [-0.1, -0.05) is 0 Å². The van der Waals surface area contributed by atoms with Crippen molar-refractivity contribution in [1.82, 2.24) is 0 Å². The highest BCUT2D eigenvalue weighted by Crippen LogP contribution is 2.38.